The molecule has 0 bridgehead atoms. The van der Waals surface area contributed by atoms with Crippen LogP contribution in [0.5, 0.6) is 5.88 Å². The third-order valence-electron chi connectivity index (χ3n) is 5.40. The zero-order chi connectivity index (χ0) is 24.1. The first-order valence-corrected chi connectivity index (χ1v) is 11.1. The lowest BCUT2D eigenvalue weighted by Gasteiger charge is -2.32. The standard InChI is InChI=1S/C22H27FN8O3/c1-3-22(23,17-9-10-25-21(28-17)30-31(33)15-6-7-15)20(32)29-18-8-5-14(11-26-18)16-12-24-13-19(27-16)34-4-2/h5,8-13,15,21,28,30,33H,3-4,6-7H2,1-2H3,(H,26,29,32). The summed E-state index contributed by atoms with van der Waals surface area (Å²) in [4.78, 5) is 29.7. The number of aliphatic imine (C=N–C) groups is 1. The van der Waals surface area contributed by atoms with Crippen molar-refractivity contribution in [3.05, 3.63) is 42.5 Å². The number of carbonyl (C=O) groups excluding carboxylic acids is 1. The van der Waals surface area contributed by atoms with Crippen LogP contribution < -0.4 is 20.8 Å². The number of hydrazine groups is 1. The molecule has 0 spiro atoms. The lowest BCUT2D eigenvalue weighted by atomic mass is 9.96. The highest BCUT2D eigenvalue weighted by Gasteiger charge is 2.43. The summed E-state index contributed by atoms with van der Waals surface area (Å²) in [5.41, 5.74) is 1.64. The number of hydrogen-bond donors (Lipinski definition) is 4. The Morgan fingerprint density at radius 2 is 2.15 bits per heavy atom. The van der Waals surface area contributed by atoms with E-state index in [0.717, 1.165) is 18.0 Å². The van der Waals surface area contributed by atoms with Crippen LogP contribution >= 0.6 is 0 Å². The summed E-state index contributed by atoms with van der Waals surface area (Å²) in [6.07, 6.45) is 8.21. The second kappa shape index (κ2) is 10.2. The van der Waals surface area contributed by atoms with Gasteiger partial charge in [0.05, 0.1) is 36.4 Å². The molecule has 0 saturated heterocycles. The number of hydrogen-bond acceptors (Lipinski definition) is 10. The van der Waals surface area contributed by atoms with Gasteiger partial charge in [0.15, 0.2) is 6.29 Å². The molecular formula is C22H27FN8O3. The zero-order valence-electron chi connectivity index (χ0n) is 18.9. The fourth-order valence-electron chi connectivity index (χ4n) is 3.31. The molecule has 3 heterocycles. The normalized spacial score (nSPS) is 19.2. The fourth-order valence-corrected chi connectivity index (χ4v) is 3.31. The van der Waals surface area contributed by atoms with E-state index in [1.54, 1.807) is 25.3 Å². The molecule has 4 rings (SSSR count). The van der Waals surface area contributed by atoms with Crippen LogP contribution in [0.1, 0.15) is 33.1 Å². The quantitative estimate of drug-likeness (QED) is 0.385. The average molecular weight is 471 g/mol. The SMILES string of the molecule is CCOc1cncc(-c2ccc(NC(=O)C(F)(CC)C3=CC=NC(NN(O)C4CC4)N3)nc2)n1. The van der Waals surface area contributed by atoms with Gasteiger partial charge in [-0.25, -0.2) is 14.4 Å². The lowest BCUT2D eigenvalue weighted by Crippen LogP contribution is -2.55. The molecule has 2 unspecified atom stereocenters. The number of hydroxylamine groups is 1. The van der Waals surface area contributed by atoms with E-state index >= 15 is 4.39 Å². The molecule has 2 aromatic rings. The first kappa shape index (κ1) is 23.7. The number of rotatable bonds is 10. The predicted octanol–water partition coefficient (Wildman–Crippen LogP) is 2.19. The van der Waals surface area contributed by atoms with Crippen LogP contribution in [0.3, 0.4) is 0 Å². The Hall–Kier alpha value is -3.48. The van der Waals surface area contributed by atoms with Crippen LogP contribution in [0.2, 0.25) is 0 Å². The first-order chi connectivity index (χ1) is 16.4. The molecule has 2 aromatic heterocycles. The largest absolute Gasteiger partial charge is 0.477 e. The third-order valence-corrected chi connectivity index (χ3v) is 5.40. The van der Waals surface area contributed by atoms with Crippen molar-refractivity contribution in [1.29, 1.82) is 0 Å². The van der Waals surface area contributed by atoms with E-state index in [0.29, 0.717) is 23.7 Å². The van der Waals surface area contributed by atoms with E-state index in [1.807, 2.05) is 6.92 Å². The molecule has 11 nitrogen and oxygen atoms in total. The Balaban J connectivity index is 1.42. The molecule has 1 amide bonds. The van der Waals surface area contributed by atoms with Crippen LogP contribution in [0.4, 0.5) is 10.2 Å². The van der Waals surface area contributed by atoms with Gasteiger partial charge in [0.1, 0.15) is 5.82 Å². The minimum Gasteiger partial charge on any atom is -0.477 e. The first-order valence-electron chi connectivity index (χ1n) is 11.1. The Bertz CT molecular complexity index is 1080. The Kier molecular flexibility index (Phi) is 7.10. The van der Waals surface area contributed by atoms with E-state index in [-0.39, 0.29) is 24.0 Å². The van der Waals surface area contributed by atoms with Gasteiger partial charge in [-0.3, -0.25) is 20.0 Å². The predicted molar refractivity (Wildman–Crippen MR) is 122 cm³/mol. The summed E-state index contributed by atoms with van der Waals surface area (Å²) >= 11 is 0. The van der Waals surface area contributed by atoms with Crippen LogP contribution in [-0.4, -0.2) is 62.1 Å². The van der Waals surface area contributed by atoms with Crippen molar-refractivity contribution in [3.8, 4) is 17.1 Å². The van der Waals surface area contributed by atoms with Crippen LogP contribution in [-0.2, 0) is 4.79 Å². The molecule has 34 heavy (non-hydrogen) atoms. The van der Waals surface area contributed by atoms with Gasteiger partial charge in [-0.05, 0) is 44.4 Å². The van der Waals surface area contributed by atoms with Gasteiger partial charge >= 0.3 is 0 Å². The van der Waals surface area contributed by atoms with E-state index in [2.05, 4.69) is 36.0 Å². The van der Waals surface area contributed by atoms with E-state index < -0.39 is 17.9 Å². The van der Waals surface area contributed by atoms with Gasteiger partial charge in [-0.1, -0.05) is 6.92 Å². The number of allylic oxidation sites excluding steroid dienone is 1. The number of ether oxygens (including phenoxy) is 1. The summed E-state index contributed by atoms with van der Waals surface area (Å²) in [6, 6.07) is 3.27. The van der Waals surface area contributed by atoms with E-state index in [9.17, 15) is 10.0 Å². The second-order valence-electron chi connectivity index (χ2n) is 7.85. The molecule has 180 valence electrons. The fraction of sp³-hybridized carbons (Fsp3) is 0.409. The summed E-state index contributed by atoms with van der Waals surface area (Å²) in [5, 5.41) is 16.3. The van der Waals surface area contributed by atoms with Crippen molar-refractivity contribution in [3.63, 3.8) is 0 Å². The van der Waals surface area contributed by atoms with Gasteiger partial charge < -0.3 is 15.4 Å². The van der Waals surface area contributed by atoms with Gasteiger partial charge in [0.25, 0.3) is 5.91 Å². The minimum atomic E-state index is -2.36. The minimum absolute atomic E-state index is 0.0117. The molecule has 0 aromatic carbocycles. The zero-order valence-corrected chi connectivity index (χ0v) is 18.9. The van der Waals surface area contributed by atoms with E-state index in [4.69, 9.17) is 4.74 Å². The summed E-state index contributed by atoms with van der Waals surface area (Å²) in [7, 11) is 0. The molecule has 1 saturated carbocycles. The molecule has 1 fully saturated rings. The van der Waals surface area contributed by atoms with Gasteiger partial charge in [0, 0.05) is 18.0 Å². The Morgan fingerprint density at radius 1 is 1.32 bits per heavy atom. The lowest BCUT2D eigenvalue weighted by molar-refractivity contribution is -0.156. The highest BCUT2D eigenvalue weighted by molar-refractivity contribution is 5.99. The van der Waals surface area contributed by atoms with Crippen LogP contribution in [0, 0.1) is 0 Å². The van der Waals surface area contributed by atoms with Gasteiger partial charge in [0.2, 0.25) is 11.5 Å². The van der Waals surface area contributed by atoms with Crippen molar-refractivity contribution in [2.45, 2.75) is 51.1 Å². The number of nitrogens with one attached hydrogen (secondary N) is 3. The number of carbonyl (C=O) groups is 1. The number of aromatic nitrogens is 3. The topological polar surface area (TPSA) is 137 Å². The summed E-state index contributed by atoms with van der Waals surface area (Å²) < 4.78 is 21.2. The Labute approximate surface area is 196 Å². The number of pyridine rings is 1. The van der Waals surface area contributed by atoms with Crippen LogP contribution in [0.25, 0.3) is 11.3 Å². The maximum absolute atomic E-state index is 15.9. The number of nitrogens with zero attached hydrogens (tertiary/aromatic N) is 5. The van der Waals surface area contributed by atoms with Crippen molar-refractivity contribution < 1.29 is 19.1 Å². The van der Waals surface area contributed by atoms with Crippen molar-refractivity contribution in [1.82, 2.24) is 30.9 Å². The Morgan fingerprint density at radius 3 is 2.82 bits per heavy atom. The summed E-state index contributed by atoms with van der Waals surface area (Å²) in [5.74, 6) is -0.286. The number of amides is 1. The molecule has 2 atom stereocenters. The van der Waals surface area contributed by atoms with Crippen molar-refractivity contribution >= 4 is 17.9 Å². The molecule has 1 aliphatic heterocycles. The van der Waals surface area contributed by atoms with Gasteiger partial charge in [-0.15, -0.1) is 5.17 Å². The highest BCUT2D eigenvalue weighted by atomic mass is 19.1. The second-order valence-corrected chi connectivity index (χ2v) is 7.85. The smallest absolute Gasteiger partial charge is 0.269 e. The summed E-state index contributed by atoms with van der Waals surface area (Å²) in [6.45, 7) is 3.89. The highest BCUT2D eigenvalue weighted by Crippen LogP contribution is 2.28. The molecule has 12 heteroatoms. The third kappa shape index (κ3) is 5.35. The molecule has 4 N–H and O–H groups in total. The molecule has 2 aliphatic rings. The van der Waals surface area contributed by atoms with Crippen molar-refractivity contribution in [2.24, 2.45) is 4.99 Å². The monoisotopic (exact) mass is 470 g/mol. The molecular weight excluding hydrogens is 443 g/mol. The maximum Gasteiger partial charge on any atom is 0.269 e. The van der Waals surface area contributed by atoms with Crippen molar-refractivity contribution in [2.75, 3.05) is 11.9 Å². The molecule has 1 aliphatic carbocycles. The molecule has 0 radical (unpaired) electrons. The maximum atomic E-state index is 15.9. The van der Waals surface area contributed by atoms with E-state index in [1.165, 1.54) is 24.7 Å². The number of alkyl halides is 1. The number of halogens is 1. The average Bonchev–Trinajstić information content (AvgIpc) is 3.70. The van der Waals surface area contributed by atoms with Gasteiger partial charge in [-0.2, -0.15) is 5.43 Å². The number of anilines is 1. The van der Waals surface area contributed by atoms with Crippen LogP contribution in [0.15, 0.2) is 47.5 Å².